The van der Waals surface area contributed by atoms with Crippen LogP contribution in [0.5, 0.6) is 0 Å². The van der Waals surface area contributed by atoms with Crippen LogP contribution in [0.1, 0.15) is 322 Å². The summed E-state index contributed by atoms with van der Waals surface area (Å²) in [5, 5.41) is 40.8. The number of nitrogen functional groups attached to an aromatic ring is 1. The Hall–Kier alpha value is -5.75. The first-order valence-corrected chi connectivity index (χ1v) is 41.7. The molecule has 4 aliphatic heterocycles. The molecule has 570 valence electrons. The van der Waals surface area contributed by atoms with Crippen molar-refractivity contribution in [3.63, 3.8) is 0 Å². The number of nitrogens with one attached hydrogen (secondary N) is 3. The van der Waals surface area contributed by atoms with E-state index >= 15 is 0 Å². The minimum atomic E-state index is -0.708. The number of amidine groups is 1. The minimum absolute atomic E-state index is 0.000884. The van der Waals surface area contributed by atoms with E-state index in [0.29, 0.717) is 62.7 Å². The Morgan fingerprint density at radius 3 is 1.44 bits per heavy atom. The molecule has 6 saturated carbocycles. The molecule has 14 nitrogen and oxygen atoms in total. The zero-order valence-corrected chi connectivity index (χ0v) is 64.4. The van der Waals surface area contributed by atoms with Gasteiger partial charge in [-0.05, 0) is 299 Å². The Morgan fingerprint density at radius 2 is 1.04 bits per heavy atom. The average molecular weight is 1420 g/mol. The van der Waals surface area contributed by atoms with Gasteiger partial charge in [0.05, 0.1) is 11.6 Å². The highest BCUT2D eigenvalue weighted by atomic mass is 16.4. The number of aliphatic hydroxyl groups is 1. The van der Waals surface area contributed by atoms with Crippen LogP contribution >= 0.6 is 0 Å². The van der Waals surface area contributed by atoms with E-state index in [1.165, 1.54) is 211 Å². The number of rotatable bonds is 9. The second kappa shape index (κ2) is 42.6. The SMILES string of the molecule is C/C=C1/C=CC2(CCCCC2)CC1.CCC1CCC2(CCCN(C(=O)c3ccc(C#N)cc3)C2)CC1.CCC1CCC2(CCCNC2)CC1.N=C(N)c1ccc(C(=O)N2CCCC3(CCC(CC(=O)O)CC3)C2)cc1.O=C1C=CC2(CCCCC2)CC1.O=CC1CCCCC1.OCC1CCCNC1. The number of carbonyl (C=O) groups is 5. The molecule has 5 spiro atoms. The molecule has 2 aromatic rings. The summed E-state index contributed by atoms with van der Waals surface area (Å²) in [6, 6.07) is 16.1. The molecule has 4 heterocycles. The number of carboxylic acids is 1. The van der Waals surface area contributed by atoms with Crippen molar-refractivity contribution in [1.29, 1.82) is 10.7 Å². The molecular formula is C89H137N7O7. The molecule has 1 atom stereocenters. The van der Waals surface area contributed by atoms with Crippen molar-refractivity contribution in [3.05, 3.63) is 107 Å². The number of piperidine rings is 4. The summed E-state index contributed by atoms with van der Waals surface area (Å²) in [6.07, 6.45) is 65.0. The lowest BCUT2D eigenvalue weighted by atomic mass is 9.66. The number of hydrogen-bond donors (Lipinski definition) is 6. The normalized spacial score (nSPS) is 25.7. The molecule has 2 amide bonds. The Labute approximate surface area is 622 Å². The van der Waals surface area contributed by atoms with Gasteiger partial charge >= 0.3 is 5.97 Å². The fourth-order valence-electron chi connectivity index (χ4n) is 19.6. The highest BCUT2D eigenvalue weighted by molar-refractivity contribution is 5.98. The smallest absolute Gasteiger partial charge is 0.303 e. The molecular weight excluding hydrogens is 1280 g/mol. The molecule has 14 rings (SSSR count). The molecule has 2 aromatic carbocycles. The van der Waals surface area contributed by atoms with E-state index in [-0.39, 0.29) is 35.4 Å². The summed E-state index contributed by atoms with van der Waals surface area (Å²) in [6.45, 7) is 15.2. The van der Waals surface area contributed by atoms with Crippen LogP contribution in [0.15, 0.2) is 84.5 Å². The van der Waals surface area contributed by atoms with Gasteiger partial charge in [-0.1, -0.05) is 126 Å². The van der Waals surface area contributed by atoms with E-state index in [2.05, 4.69) is 66.7 Å². The largest absolute Gasteiger partial charge is 0.481 e. The molecule has 14 heteroatoms. The molecule has 103 heavy (non-hydrogen) atoms. The summed E-state index contributed by atoms with van der Waals surface area (Å²) in [5.74, 6) is 2.94. The van der Waals surface area contributed by atoms with E-state index in [9.17, 15) is 24.0 Å². The molecule has 0 aromatic heterocycles. The Kier molecular flexibility index (Phi) is 34.2. The number of benzene rings is 2. The van der Waals surface area contributed by atoms with E-state index in [1.54, 1.807) is 48.5 Å². The van der Waals surface area contributed by atoms with Gasteiger partial charge < -0.3 is 41.2 Å². The van der Waals surface area contributed by atoms with Gasteiger partial charge in [0.1, 0.15) is 12.1 Å². The number of hydrogen-bond acceptors (Lipinski definition) is 10. The van der Waals surface area contributed by atoms with Crippen molar-refractivity contribution in [1.82, 2.24) is 20.4 Å². The van der Waals surface area contributed by atoms with Crippen molar-refractivity contribution in [2.24, 2.45) is 62.4 Å². The zero-order chi connectivity index (χ0) is 73.4. The van der Waals surface area contributed by atoms with Gasteiger partial charge in [0.2, 0.25) is 0 Å². The number of aldehydes is 1. The third-order valence-corrected chi connectivity index (χ3v) is 26.9. The quantitative estimate of drug-likeness (QED) is 0.0786. The van der Waals surface area contributed by atoms with Crippen LogP contribution in [0.3, 0.4) is 0 Å². The first-order valence-electron chi connectivity index (χ1n) is 41.7. The van der Waals surface area contributed by atoms with Gasteiger partial charge in [0, 0.05) is 81.3 Å². The Morgan fingerprint density at radius 1 is 0.563 bits per heavy atom. The number of nitrogens with two attached hydrogens (primary N) is 1. The number of carboxylic acid groups (broad SMARTS) is 1. The molecule has 10 fully saturated rings. The predicted octanol–water partition coefficient (Wildman–Crippen LogP) is 19.0. The number of aliphatic hydroxyl groups excluding tert-OH is 1. The van der Waals surface area contributed by atoms with Crippen LogP contribution < -0.4 is 16.4 Å². The summed E-state index contributed by atoms with van der Waals surface area (Å²) in [7, 11) is 0. The number of carbonyl (C=O) groups excluding carboxylic acids is 4. The van der Waals surface area contributed by atoms with Crippen LogP contribution in [0.2, 0.25) is 0 Å². The zero-order valence-electron chi connectivity index (χ0n) is 64.4. The minimum Gasteiger partial charge on any atom is -0.481 e. The maximum Gasteiger partial charge on any atom is 0.303 e. The van der Waals surface area contributed by atoms with Gasteiger partial charge in [-0.3, -0.25) is 24.6 Å². The van der Waals surface area contributed by atoms with Crippen LogP contribution in [0.4, 0.5) is 0 Å². The number of allylic oxidation sites excluding steroid dienone is 6. The van der Waals surface area contributed by atoms with Crippen LogP contribution in [0, 0.1) is 73.4 Å². The van der Waals surface area contributed by atoms with E-state index in [1.807, 2.05) is 11.0 Å². The first-order chi connectivity index (χ1) is 49.9. The summed E-state index contributed by atoms with van der Waals surface area (Å²) < 4.78 is 0. The second-order valence-electron chi connectivity index (χ2n) is 34.1. The van der Waals surface area contributed by atoms with Crippen LogP contribution in [0.25, 0.3) is 0 Å². The van der Waals surface area contributed by atoms with Crippen molar-refractivity contribution in [2.45, 2.75) is 290 Å². The van der Waals surface area contributed by atoms with Crippen molar-refractivity contribution in [3.8, 4) is 6.07 Å². The fraction of sp³-hybridized carbons (Fsp3) is 0.719. The van der Waals surface area contributed by atoms with Crippen LogP contribution in [-0.4, -0.2) is 115 Å². The number of ketones is 1. The van der Waals surface area contributed by atoms with Crippen molar-refractivity contribution < 1.29 is 34.2 Å². The van der Waals surface area contributed by atoms with Gasteiger partial charge in [0.25, 0.3) is 11.8 Å². The highest BCUT2D eigenvalue weighted by Crippen LogP contribution is 2.50. The molecule has 4 saturated heterocycles. The number of amides is 2. The number of aliphatic carboxylic acids is 1. The number of nitrogens with zero attached hydrogens (tertiary/aromatic N) is 3. The highest BCUT2D eigenvalue weighted by Gasteiger charge is 2.43. The topological polar surface area (TPSA) is 230 Å². The molecule has 0 bridgehead atoms. The summed E-state index contributed by atoms with van der Waals surface area (Å²) >= 11 is 0. The molecule has 8 aliphatic carbocycles. The molecule has 12 aliphatic rings. The number of nitriles is 1. The van der Waals surface area contributed by atoms with Crippen molar-refractivity contribution in [2.75, 3.05) is 59.0 Å². The average Bonchev–Trinajstić information content (AvgIpc) is 0.804. The monoisotopic (exact) mass is 1420 g/mol. The Bertz CT molecular complexity index is 3030. The predicted molar refractivity (Wildman–Crippen MR) is 419 cm³/mol. The molecule has 1 unspecified atom stereocenters. The van der Waals surface area contributed by atoms with E-state index in [0.717, 1.165) is 133 Å². The maximum absolute atomic E-state index is 12.9. The third-order valence-electron chi connectivity index (χ3n) is 26.9. The maximum atomic E-state index is 12.9. The number of likely N-dealkylation sites (tertiary alicyclic amines) is 2. The lowest BCUT2D eigenvalue weighted by molar-refractivity contribution is -0.138. The third kappa shape index (κ3) is 26.3. The Balaban J connectivity index is 0.000000159. The van der Waals surface area contributed by atoms with Gasteiger partial charge in [-0.2, -0.15) is 5.26 Å². The summed E-state index contributed by atoms with van der Waals surface area (Å²) in [5.41, 5.74) is 11.9. The second-order valence-corrected chi connectivity index (χ2v) is 34.1. The summed E-state index contributed by atoms with van der Waals surface area (Å²) in [4.78, 5) is 61.8. The van der Waals surface area contributed by atoms with Gasteiger partial charge in [0.15, 0.2) is 5.78 Å². The van der Waals surface area contributed by atoms with Crippen molar-refractivity contribution >= 4 is 35.7 Å². The van der Waals surface area contributed by atoms with Gasteiger partial charge in [-0.25, -0.2) is 0 Å². The molecule has 7 N–H and O–H groups in total. The fourth-order valence-corrected chi connectivity index (χ4v) is 19.6. The van der Waals surface area contributed by atoms with Gasteiger partial charge in [-0.15, -0.1) is 0 Å². The first kappa shape index (κ1) is 82.9. The standard InChI is InChI=1S/C20H27N3O3.C20H26N2O.C13H20.C12H23N.C11H16O.C7H12O.C6H13NO/c21-18(22)15-2-4-16(5-3-15)19(26)23-11-1-8-20(13-23)9-6-14(7-10-20)12-17(24)25;1-2-16-8-11-20(12-9-16)10-3-13-22(15-20)19(23)18-6-4-17(14-21)5-7-18;1-2-12-6-10-13(11-7-12)8-4-3-5-9-13;1-2-11-4-7-12(8-5-11)6-3-9-13-10-12;12-10-4-8-11(9-5-10)6-2-1-3-7-11;8-6-7-4-2-1-3-5-7;8-5-6-2-1-3-7-4-6/h2-5,14H,1,6-13H2,(H3,21,22)(H,24,25);4-7,16H,2-3,8-13,15H2,1H3;2,6,10H,3-5,7-9,11H2,1H3;11,13H,2-10H2,1H3;4,8H,1-3,5-7,9H2;6-7H,1-5H2;6-8H,1-5H2/b;;12-2-;;;;. The lowest BCUT2D eigenvalue weighted by Gasteiger charge is -2.47. The lowest BCUT2D eigenvalue weighted by Crippen LogP contribution is -2.47. The van der Waals surface area contributed by atoms with E-state index < -0.39 is 5.97 Å². The van der Waals surface area contributed by atoms with E-state index in [4.69, 9.17) is 26.6 Å². The van der Waals surface area contributed by atoms with Crippen LogP contribution in [-0.2, 0) is 14.4 Å². The molecule has 0 radical (unpaired) electrons.